The molecule has 0 bridgehead atoms. The average molecular weight is 435 g/mol. The van der Waals surface area contributed by atoms with Gasteiger partial charge in [-0.3, -0.25) is 4.79 Å². The summed E-state index contributed by atoms with van der Waals surface area (Å²) in [6.45, 7) is 5.58. The summed E-state index contributed by atoms with van der Waals surface area (Å²) in [6, 6.07) is 7.91. The van der Waals surface area contributed by atoms with Gasteiger partial charge in [0.15, 0.2) is 16.7 Å². The average Bonchev–Trinajstić information content (AvgIpc) is 3.10. The van der Waals surface area contributed by atoms with E-state index in [0.29, 0.717) is 11.4 Å². The van der Waals surface area contributed by atoms with Gasteiger partial charge in [-0.05, 0) is 30.7 Å². The van der Waals surface area contributed by atoms with Crippen molar-refractivity contribution in [1.82, 2.24) is 15.3 Å². The molecular formula is C20H17Cl2FN4O2. The van der Waals surface area contributed by atoms with E-state index in [1.54, 1.807) is 18.2 Å². The summed E-state index contributed by atoms with van der Waals surface area (Å²) in [4.78, 5) is 18.5. The molecule has 29 heavy (non-hydrogen) atoms. The highest BCUT2D eigenvalue weighted by molar-refractivity contribution is 6.32. The minimum absolute atomic E-state index is 0.0260. The first kappa shape index (κ1) is 20.7. The molecule has 1 amide bonds. The van der Waals surface area contributed by atoms with E-state index < -0.39 is 11.7 Å². The van der Waals surface area contributed by atoms with Crippen LogP contribution in [-0.2, 0) is 6.54 Å². The van der Waals surface area contributed by atoms with Crippen LogP contribution in [0, 0.1) is 5.82 Å². The lowest BCUT2D eigenvalue weighted by molar-refractivity contribution is 0.0946. The molecular weight excluding hydrogens is 418 g/mol. The van der Waals surface area contributed by atoms with Crippen LogP contribution in [0.2, 0.25) is 10.2 Å². The maximum Gasteiger partial charge on any atom is 0.271 e. The Morgan fingerprint density at radius 1 is 1.34 bits per heavy atom. The van der Waals surface area contributed by atoms with Crippen molar-refractivity contribution in [2.75, 3.05) is 5.73 Å². The SMILES string of the molecule is C=C(C)c1cc(N)cc(Oc2c(Cl)ccc(CNC(=O)c3[nH]cnc3Cl)c2F)c1. The first-order chi connectivity index (χ1) is 13.8. The van der Waals surface area contributed by atoms with Crippen molar-refractivity contribution in [3.63, 3.8) is 0 Å². The molecule has 0 spiro atoms. The number of benzene rings is 2. The van der Waals surface area contributed by atoms with Gasteiger partial charge in [0.05, 0.1) is 11.3 Å². The zero-order valence-electron chi connectivity index (χ0n) is 15.4. The highest BCUT2D eigenvalue weighted by Gasteiger charge is 2.18. The van der Waals surface area contributed by atoms with Gasteiger partial charge < -0.3 is 20.8 Å². The summed E-state index contributed by atoms with van der Waals surface area (Å²) in [5.74, 6) is -1.08. The summed E-state index contributed by atoms with van der Waals surface area (Å²) >= 11 is 11.9. The van der Waals surface area contributed by atoms with E-state index in [1.807, 2.05) is 6.92 Å². The Labute approximate surface area is 176 Å². The van der Waals surface area contributed by atoms with Crippen LogP contribution >= 0.6 is 23.2 Å². The van der Waals surface area contributed by atoms with E-state index in [-0.39, 0.29) is 33.7 Å². The third kappa shape index (κ3) is 4.70. The Balaban J connectivity index is 1.83. The van der Waals surface area contributed by atoms with Crippen molar-refractivity contribution in [2.45, 2.75) is 13.5 Å². The van der Waals surface area contributed by atoms with E-state index in [2.05, 4.69) is 21.9 Å². The van der Waals surface area contributed by atoms with Crippen LogP contribution in [0.1, 0.15) is 28.5 Å². The fourth-order valence-electron chi connectivity index (χ4n) is 2.55. The van der Waals surface area contributed by atoms with Gasteiger partial charge in [0.25, 0.3) is 5.91 Å². The number of carbonyl (C=O) groups excluding carboxylic acids is 1. The predicted molar refractivity (Wildman–Crippen MR) is 112 cm³/mol. The number of rotatable bonds is 6. The number of allylic oxidation sites excluding steroid dienone is 1. The van der Waals surface area contributed by atoms with Crippen LogP contribution in [0.5, 0.6) is 11.5 Å². The first-order valence-corrected chi connectivity index (χ1v) is 9.20. The number of nitrogens with one attached hydrogen (secondary N) is 2. The number of hydrogen-bond acceptors (Lipinski definition) is 4. The molecule has 0 aliphatic carbocycles. The number of nitrogens with two attached hydrogens (primary N) is 1. The molecule has 0 radical (unpaired) electrons. The fourth-order valence-corrected chi connectivity index (χ4v) is 2.92. The molecule has 0 saturated carbocycles. The number of anilines is 1. The van der Waals surface area contributed by atoms with Gasteiger partial charge >= 0.3 is 0 Å². The Kier molecular flexibility index (Phi) is 6.10. The first-order valence-electron chi connectivity index (χ1n) is 8.44. The molecule has 4 N–H and O–H groups in total. The molecule has 0 atom stereocenters. The van der Waals surface area contributed by atoms with Crippen LogP contribution in [0.15, 0.2) is 43.2 Å². The largest absolute Gasteiger partial charge is 0.453 e. The summed E-state index contributed by atoms with van der Waals surface area (Å²) < 4.78 is 20.7. The maximum absolute atomic E-state index is 15.0. The Morgan fingerprint density at radius 3 is 2.76 bits per heavy atom. The fraction of sp³-hybridized carbons (Fsp3) is 0.100. The van der Waals surface area contributed by atoms with Crippen molar-refractivity contribution < 1.29 is 13.9 Å². The lowest BCUT2D eigenvalue weighted by atomic mass is 10.1. The number of hydrogen-bond donors (Lipinski definition) is 3. The number of amides is 1. The minimum Gasteiger partial charge on any atom is -0.453 e. The number of carbonyl (C=O) groups is 1. The molecule has 1 aromatic heterocycles. The topological polar surface area (TPSA) is 93.0 Å². The summed E-state index contributed by atoms with van der Waals surface area (Å²) in [7, 11) is 0. The van der Waals surface area contributed by atoms with E-state index in [0.717, 1.165) is 11.1 Å². The van der Waals surface area contributed by atoms with E-state index in [4.69, 9.17) is 33.7 Å². The quantitative estimate of drug-likeness (QED) is 0.465. The lowest BCUT2D eigenvalue weighted by Crippen LogP contribution is -2.24. The van der Waals surface area contributed by atoms with Gasteiger partial charge in [-0.2, -0.15) is 0 Å². The van der Waals surface area contributed by atoms with Crippen molar-refractivity contribution in [1.29, 1.82) is 0 Å². The molecule has 0 fully saturated rings. The number of nitrogen functional groups attached to an aromatic ring is 1. The number of nitrogens with zero attached hydrogens (tertiary/aromatic N) is 1. The molecule has 3 rings (SSSR count). The van der Waals surface area contributed by atoms with Crippen molar-refractivity contribution in [3.05, 3.63) is 76.1 Å². The Morgan fingerprint density at radius 2 is 2.10 bits per heavy atom. The van der Waals surface area contributed by atoms with Crippen molar-refractivity contribution in [3.8, 4) is 11.5 Å². The van der Waals surface area contributed by atoms with Crippen molar-refractivity contribution in [2.24, 2.45) is 0 Å². The van der Waals surface area contributed by atoms with Crippen LogP contribution in [0.25, 0.3) is 5.57 Å². The third-order valence-corrected chi connectivity index (χ3v) is 4.61. The molecule has 2 aromatic carbocycles. The van der Waals surface area contributed by atoms with Crippen molar-refractivity contribution >= 4 is 40.4 Å². The van der Waals surface area contributed by atoms with Gasteiger partial charge in [0.1, 0.15) is 11.4 Å². The number of aromatic nitrogens is 2. The smallest absolute Gasteiger partial charge is 0.271 e. The molecule has 0 aliphatic heterocycles. The number of ether oxygens (including phenoxy) is 1. The number of aromatic amines is 1. The second kappa shape index (κ2) is 8.55. The third-order valence-electron chi connectivity index (χ3n) is 4.03. The minimum atomic E-state index is -0.701. The van der Waals surface area contributed by atoms with Crippen LogP contribution in [-0.4, -0.2) is 15.9 Å². The monoisotopic (exact) mass is 434 g/mol. The van der Waals surface area contributed by atoms with Gasteiger partial charge in [0.2, 0.25) is 0 Å². The maximum atomic E-state index is 15.0. The van der Waals surface area contributed by atoms with E-state index >= 15 is 0 Å². The van der Waals surface area contributed by atoms with Gasteiger partial charge in [-0.1, -0.05) is 41.4 Å². The second-order valence-corrected chi connectivity index (χ2v) is 7.04. The van der Waals surface area contributed by atoms with Crippen LogP contribution in [0.4, 0.5) is 10.1 Å². The predicted octanol–water partition coefficient (Wildman–Crippen LogP) is 5.19. The Hall–Kier alpha value is -3.03. The highest BCUT2D eigenvalue weighted by atomic mass is 35.5. The molecule has 9 heteroatoms. The molecule has 0 saturated heterocycles. The zero-order valence-corrected chi connectivity index (χ0v) is 16.9. The summed E-state index contributed by atoms with van der Waals surface area (Å²) in [6.07, 6.45) is 1.29. The molecule has 150 valence electrons. The normalized spacial score (nSPS) is 10.6. The van der Waals surface area contributed by atoms with E-state index in [1.165, 1.54) is 18.5 Å². The number of imidazole rings is 1. The summed E-state index contributed by atoms with van der Waals surface area (Å²) in [5.41, 5.74) is 8.13. The molecule has 3 aromatic rings. The standard InChI is InChI=1S/C20H17Cl2FN4O2/c1-10(2)12-5-13(24)7-14(6-12)29-18-15(21)4-3-11(16(18)23)8-25-20(28)17-19(22)27-9-26-17/h3-7,9H,1,8,24H2,2H3,(H,25,28)(H,26,27). The molecule has 6 nitrogen and oxygen atoms in total. The number of halogens is 3. The van der Waals surface area contributed by atoms with Gasteiger partial charge in [0, 0.05) is 23.9 Å². The molecule has 1 heterocycles. The second-order valence-electron chi connectivity index (χ2n) is 6.27. The summed E-state index contributed by atoms with van der Waals surface area (Å²) in [5, 5.41) is 2.67. The number of H-pyrrole nitrogens is 1. The highest BCUT2D eigenvalue weighted by Crippen LogP contribution is 2.35. The van der Waals surface area contributed by atoms with Gasteiger partial charge in [-0.15, -0.1) is 0 Å². The Bertz CT molecular complexity index is 1100. The molecule has 0 unspecified atom stereocenters. The zero-order chi connectivity index (χ0) is 21.1. The van der Waals surface area contributed by atoms with E-state index in [9.17, 15) is 9.18 Å². The van der Waals surface area contributed by atoms with Crippen LogP contribution in [0.3, 0.4) is 0 Å². The lowest BCUT2D eigenvalue weighted by Gasteiger charge is -2.14. The van der Waals surface area contributed by atoms with Gasteiger partial charge in [-0.25, -0.2) is 9.37 Å². The molecule has 0 aliphatic rings. The van der Waals surface area contributed by atoms with Crippen LogP contribution < -0.4 is 15.8 Å².